The van der Waals surface area contributed by atoms with Crippen LogP contribution in [0.1, 0.15) is 5.56 Å². The zero-order chi connectivity index (χ0) is 15.0. The van der Waals surface area contributed by atoms with Gasteiger partial charge in [0.2, 0.25) is 5.91 Å². The fraction of sp³-hybridized carbons (Fsp3) is 0.133. The van der Waals surface area contributed by atoms with Gasteiger partial charge in [-0.3, -0.25) is 4.79 Å². The summed E-state index contributed by atoms with van der Waals surface area (Å²) in [5.74, 6) is -2.15. The second kappa shape index (κ2) is 5.33. The molecule has 0 saturated carbocycles. The highest BCUT2D eigenvalue weighted by Gasteiger charge is 2.25. The Bertz CT molecular complexity index is 721. The molecule has 3 nitrogen and oxygen atoms in total. The summed E-state index contributed by atoms with van der Waals surface area (Å²) in [5, 5.41) is 3.34. The normalized spacial score (nSPS) is 13.9. The molecule has 0 atom stereocenters. The minimum atomic E-state index is -0.985. The number of amides is 1. The summed E-state index contributed by atoms with van der Waals surface area (Å²) in [6.07, 6.45) is 0. The fourth-order valence-electron chi connectivity index (χ4n) is 2.29. The highest BCUT2D eigenvalue weighted by Crippen LogP contribution is 2.32. The third kappa shape index (κ3) is 2.69. The molecule has 1 amide bonds. The molecule has 2 aromatic carbocycles. The van der Waals surface area contributed by atoms with Crippen LogP contribution in [0.5, 0.6) is 0 Å². The van der Waals surface area contributed by atoms with Crippen LogP contribution in [0.15, 0.2) is 36.4 Å². The molecule has 2 aromatic rings. The second-order valence-electron chi connectivity index (χ2n) is 4.75. The second-order valence-corrected chi connectivity index (χ2v) is 5.18. The van der Waals surface area contributed by atoms with E-state index in [-0.39, 0.29) is 19.0 Å². The quantitative estimate of drug-likeness (QED) is 0.920. The van der Waals surface area contributed by atoms with Crippen LogP contribution in [0.25, 0.3) is 0 Å². The van der Waals surface area contributed by atoms with E-state index in [4.69, 9.17) is 11.6 Å². The molecular weight excluding hydrogens is 298 g/mol. The van der Waals surface area contributed by atoms with Crippen LogP contribution < -0.4 is 10.2 Å². The number of hydrogen-bond acceptors (Lipinski definition) is 2. The highest BCUT2D eigenvalue weighted by molar-refractivity contribution is 6.30. The molecule has 0 aliphatic carbocycles. The molecule has 0 fully saturated rings. The summed E-state index contributed by atoms with van der Waals surface area (Å²) in [4.78, 5) is 13.5. The Morgan fingerprint density at radius 3 is 2.71 bits per heavy atom. The van der Waals surface area contributed by atoms with Crippen molar-refractivity contribution in [2.24, 2.45) is 0 Å². The smallest absolute Gasteiger partial charge is 0.246 e. The van der Waals surface area contributed by atoms with Crippen LogP contribution in [-0.4, -0.2) is 12.5 Å². The average molecular weight is 309 g/mol. The van der Waals surface area contributed by atoms with Crippen LogP contribution in [0.3, 0.4) is 0 Å². The predicted molar refractivity (Wildman–Crippen MR) is 77.5 cm³/mol. The van der Waals surface area contributed by atoms with Crippen LogP contribution in [0.2, 0.25) is 5.02 Å². The number of anilines is 2. The van der Waals surface area contributed by atoms with Crippen LogP contribution in [0, 0.1) is 11.6 Å². The van der Waals surface area contributed by atoms with Gasteiger partial charge in [0.25, 0.3) is 0 Å². The Morgan fingerprint density at radius 1 is 1.19 bits per heavy atom. The van der Waals surface area contributed by atoms with Crippen molar-refractivity contribution >= 4 is 28.9 Å². The van der Waals surface area contributed by atoms with E-state index >= 15 is 0 Å². The number of hydrogen-bond donors (Lipinski definition) is 1. The lowest BCUT2D eigenvalue weighted by Gasteiger charge is -2.30. The Morgan fingerprint density at radius 2 is 1.95 bits per heavy atom. The minimum Gasteiger partial charge on any atom is -0.374 e. The minimum absolute atomic E-state index is 0.0403. The maximum absolute atomic E-state index is 13.4. The molecule has 1 heterocycles. The zero-order valence-electron chi connectivity index (χ0n) is 10.9. The molecule has 3 rings (SSSR count). The van der Waals surface area contributed by atoms with Gasteiger partial charge in [-0.2, -0.15) is 0 Å². The number of nitrogens with zero attached hydrogens (tertiary/aromatic N) is 1. The molecular formula is C15H11ClF2N2O. The standard InChI is InChI=1S/C15H11ClF2N2O/c16-10-3-1-2-9(4-10)8-20-14-6-12(18)11(17)5-13(14)19-7-15(20)21/h1-6,19H,7-8H2. The summed E-state index contributed by atoms with van der Waals surface area (Å²) in [6.45, 7) is 0.289. The third-order valence-electron chi connectivity index (χ3n) is 3.29. The molecule has 0 bridgehead atoms. The average Bonchev–Trinajstić information content (AvgIpc) is 2.44. The first-order chi connectivity index (χ1) is 10.0. The van der Waals surface area contributed by atoms with Gasteiger partial charge in [0, 0.05) is 17.2 Å². The summed E-state index contributed by atoms with van der Waals surface area (Å²) in [7, 11) is 0. The molecule has 1 N–H and O–H groups in total. The molecule has 1 aliphatic rings. The summed E-state index contributed by atoms with van der Waals surface area (Å²) in [5.41, 5.74) is 1.54. The van der Waals surface area contributed by atoms with Gasteiger partial charge in [-0.15, -0.1) is 0 Å². The van der Waals surface area contributed by atoms with Crippen molar-refractivity contribution in [3.05, 3.63) is 58.6 Å². The molecule has 0 unspecified atom stereocenters. The van der Waals surface area contributed by atoms with Crippen LogP contribution in [-0.2, 0) is 11.3 Å². The number of carbonyl (C=O) groups excluding carboxylic acids is 1. The highest BCUT2D eigenvalue weighted by atomic mass is 35.5. The maximum atomic E-state index is 13.4. The summed E-state index contributed by atoms with van der Waals surface area (Å²) in [6, 6.07) is 9.14. The number of benzene rings is 2. The van der Waals surface area contributed by atoms with Crippen molar-refractivity contribution < 1.29 is 13.6 Å². The third-order valence-corrected chi connectivity index (χ3v) is 3.53. The van der Waals surface area contributed by atoms with Gasteiger partial charge in [-0.05, 0) is 17.7 Å². The largest absolute Gasteiger partial charge is 0.374 e. The van der Waals surface area contributed by atoms with E-state index in [2.05, 4.69) is 5.32 Å². The maximum Gasteiger partial charge on any atom is 0.246 e. The van der Waals surface area contributed by atoms with Crippen LogP contribution >= 0.6 is 11.6 Å². The number of rotatable bonds is 2. The Hall–Kier alpha value is -2.14. The Kier molecular flexibility index (Phi) is 3.51. The van der Waals surface area contributed by atoms with Gasteiger partial charge in [-0.25, -0.2) is 8.78 Å². The number of nitrogens with one attached hydrogen (secondary N) is 1. The number of halogens is 3. The van der Waals surface area contributed by atoms with Gasteiger partial charge in [0.05, 0.1) is 24.5 Å². The fourth-order valence-corrected chi connectivity index (χ4v) is 2.51. The zero-order valence-corrected chi connectivity index (χ0v) is 11.6. The van der Waals surface area contributed by atoms with E-state index < -0.39 is 11.6 Å². The van der Waals surface area contributed by atoms with Crippen molar-refractivity contribution in [2.45, 2.75) is 6.54 Å². The number of carbonyl (C=O) groups is 1. The van der Waals surface area contributed by atoms with E-state index in [1.165, 1.54) is 4.90 Å². The molecule has 6 heteroatoms. The lowest BCUT2D eigenvalue weighted by Crippen LogP contribution is -2.39. The summed E-state index contributed by atoms with van der Waals surface area (Å²) < 4.78 is 26.7. The molecule has 108 valence electrons. The van der Waals surface area contributed by atoms with Crippen LogP contribution in [0.4, 0.5) is 20.2 Å². The lowest BCUT2D eigenvalue weighted by atomic mass is 10.1. The van der Waals surface area contributed by atoms with E-state index in [0.29, 0.717) is 16.4 Å². The van der Waals surface area contributed by atoms with Gasteiger partial charge in [0.15, 0.2) is 11.6 Å². The van der Waals surface area contributed by atoms with Gasteiger partial charge < -0.3 is 10.2 Å². The molecule has 21 heavy (non-hydrogen) atoms. The number of fused-ring (bicyclic) bond motifs is 1. The molecule has 0 aromatic heterocycles. The van der Waals surface area contributed by atoms with E-state index in [1.807, 2.05) is 6.07 Å². The van der Waals surface area contributed by atoms with E-state index in [9.17, 15) is 13.6 Å². The first kappa shape index (κ1) is 13.8. The SMILES string of the molecule is O=C1CNc2cc(F)c(F)cc2N1Cc1cccc(Cl)c1. The van der Waals surface area contributed by atoms with E-state index in [0.717, 1.165) is 17.7 Å². The first-order valence-electron chi connectivity index (χ1n) is 6.32. The van der Waals surface area contributed by atoms with Crippen molar-refractivity contribution in [1.82, 2.24) is 0 Å². The predicted octanol–water partition coefficient (Wildman–Crippen LogP) is 3.58. The van der Waals surface area contributed by atoms with Gasteiger partial charge in [-0.1, -0.05) is 23.7 Å². The monoisotopic (exact) mass is 308 g/mol. The van der Waals surface area contributed by atoms with Gasteiger partial charge in [0.1, 0.15) is 0 Å². The molecule has 0 radical (unpaired) electrons. The van der Waals surface area contributed by atoms with Crippen molar-refractivity contribution in [1.29, 1.82) is 0 Å². The lowest BCUT2D eigenvalue weighted by molar-refractivity contribution is -0.117. The summed E-state index contributed by atoms with van der Waals surface area (Å²) >= 11 is 5.92. The van der Waals surface area contributed by atoms with Crippen molar-refractivity contribution in [3.8, 4) is 0 Å². The Balaban J connectivity index is 1.99. The van der Waals surface area contributed by atoms with Gasteiger partial charge >= 0.3 is 0 Å². The molecule has 0 saturated heterocycles. The topological polar surface area (TPSA) is 32.3 Å². The molecule has 1 aliphatic heterocycles. The van der Waals surface area contributed by atoms with E-state index in [1.54, 1.807) is 18.2 Å². The van der Waals surface area contributed by atoms with Crippen molar-refractivity contribution in [2.75, 3.05) is 16.8 Å². The first-order valence-corrected chi connectivity index (χ1v) is 6.70. The molecule has 0 spiro atoms. The van der Waals surface area contributed by atoms with Crippen molar-refractivity contribution in [3.63, 3.8) is 0 Å². The Labute approximate surface area is 125 Å².